The van der Waals surface area contributed by atoms with E-state index >= 15 is 0 Å². The maximum Gasteiger partial charge on any atom is 0.276 e. The van der Waals surface area contributed by atoms with E-state index in [1.165, 1.54) is 24.3 Å². The number of benzene rings is 3. The molecule has 0 heterocycles. The van der Waals surface area contributed by atoms with Crippen LogP contribution in [0.5, 0.6) is 5.75 Å². The number of ether oxygens (including phenoxy) is 1. The summed E-state index contributed by atoms with van der Waals surface area (Å²) in [5, 5.41) is 14.8. The Labute approximate surface area is 203 Å². The summed E-state index contributed by atoms with van der Waals surface area (Å²) in [7, 11) is 0. The number of nitro groups is 1. The first-order valence-corrected chi connectivity index (χ1v) is 10.9. The van der Waals surface area contributed by atoms with Crippen molar-refractivity contribution in [2.75, 3.05) is 6.61 Å². The van der Waals surface area contributed by atoms with Crippen molar-refractivity contribution in [3.05, 3.63) is 79.2 Å². The maximum atomic E-state index is 12.1. The SMILES string of the molecule is O=C(COc1ccc2cc(Br)ccc2c1Br)NNC(=S)NC(=O)c1ccc([N+](=O)[O-])cc1. The highest BCUT2D eigenvalue weighted by Gasteiger charge is 2.12. The van der Waals surface area contributed by atoms with Crippen LogP contribution in [0.25, 0.3) is 10.8 Å². The molecule has 2 amide bonds. The van der Waals surface area contributed by atoms with Gasteiger partial charge in [0.1, 0.15) is 5.75 Å². The quantitative estimate of drug-likeness (QED) is 0.236. The molecular weight excluding hydrogens is 568 g/mol. The summed E-state index contributed by atoms with van der Waals surface area (Å²) in [6, 6.07) is 14.4. The molecule has 3 aromatic carbocycles. The number of nitro benzene ring substituents is 1. The molecule has 0 atom stereocenters. The van der Waals surface area contributed by atoms with Crippen molar-refractivity contribution >= 4 is 77.5 Å². The van der Waals surface area contributed by atoms with E-state index in [9.17, 15) is 19.7 Å². The zero-order valence-corrected chi connectivity index (χ0v) is 20.0. The fourth-order valence-electron chi connectivity index (χ4n) is 2.60. The second-order valence-corrected chi connectivity index (χ2v) is 8.41. The Morgan fingerprint density at radius 2 is 1.75 bits per heavy atom. The normalized spacial score (nSPS) is 10.3. The van der Waals surface area contributed by atoms with Crippen molar-refractivity contribution in [2.45, 2.75) is 0 Å². The summed E-state index contributed by atoms with van der Waals surface area (Å²) in [6.07, 6.45) is 0. The molecule has 3 rings (SSSR count). The lowest BCUT2D eigenvalue weighted by atomic mass is 10.1. The molecule has 0 fully saturated rings. The molecule has 164 valence electrons. The minimum absolute atomic E-state index is 0.138. The Morgan fingerprint density at radius 3 is 2.44 bits per heavy atom. The Bertz CT molecular complexity index is 1220. The zero-order valence-electron chi connectivity index (χ0n) is 16.1. The minimum atomic E-state index is -0.588. The van der Waals surface area contributed by atoms with Gasteiger partial charge in [-0.15, -0.1) is 0 Å². The van der Waals surface area contributed by atoms with Crippen molar-refractivity contribution in [1.29, 1.82) is 0 Å². The van der Waals surface area contributed by atoms with Gasteiger partial charge in [-0.25, -0.2) is 0 Å². The Hall–Kier alpha value is -3.09. The van der Waals surface area contributed by atoms with E-state index in [1.807, 2.05) is 24.3 Å². The van der Waals surface area contributed by atoms with Crippen LogP contribution in [0.1, 0.15) is 10.4 Å². The van der Waals surface area contributed by atoms with Crippen molar-refractivity contribution in [3.63, 3.8) is 0 Å². The van der Waals surface area contributed by atoms with Crippen LogP contribution in [-0.4, -0.2) is 28.5 Å². The Morgan fingerprint density at radius 1 is 1.03 bits per heavy atom. The highest BCUT2D eigenvalue weighted by Crippen LogP contribution is 2.34. The molecule has 32 heavy (non-hydrogen) atoms. The lowest BCUT2D eigenvalue weighted by Crippen LogP contribution is -2.49. The summed E-state index contributed by atoms with van der Waals surface area (Å²) in [4.78, 5) is 34.2. The molecule has 0 spiro atoms. The number of nitrogens with one attached hydrogen (secondary N) is 3. The molecule has 0 aliphatic carbocycles. The van der Waals surface area contributed by atoms with Crippen LogP contribution in [0.4, 0.5) is 5.69 Å². The summed E-state index contributed by atoms with van der Waals surface area (Å²) in [5.74, 6) is -0.626. The molecule has 0 saturated carbocycles. The van der Waals surface area contributed by atoms with Crippen LogP contribution >= 0.6 is 44.1 Å². The van der Waals surface area contributed by atoms with Gasteiger partial charge in [-0.2, -0.15) is 0 Å². The number of hydrazine groups is 1. The molecule has 0 radical (unpaired) electrons. The van der Waals surface area contributed by atoms with E-state index in [1.54, 1.807) is 6.07 Å². The smallest absolute Gasteiger partial charge is 0.276 e. The number of rotatable bonds is 5. The van der Waals surface area contributed by atoms with Gasteiger partial charge in [-0.1, -0.05) is 28.1 Å². The molecule has 0 unspecified atom stereocenters. The van der Waals surface area contributed by atoms with Crippen LogP contribution in [0.15, 0.2) is 63.5 Å². The summed E-state index contributed by atoms with van der Waals surface area (Å²) >= 11 is 11.9. The number of hydrogen-bond donors (Lipinski definition) is 3. The molecule has 9 nitrogen and oxygen atoms in total. The summed E-state index contributed by atoms with van der Waals surface area (Å²) in [5.41, 5.74) is 4.74. The number of thiocarbonyl (C=S) groups is 1. The molecule has 12 heteroatoms. The largest absolute Gasteiger partial charge is 0.483 e. The van der Waals surface area contributed by atoms with Crippen LogP contribution in [0.3, 0.4) is 0 Å². The highest BCUT2D eigenvalue weighted by molar-refractivity contribution is 9.11. The van der Waals surface area contributed by atoms with Crippen molar-refractivity contribution in [2.24, 2.45) is 0 Å². The fourth-order valence-corrected chi connectivity index (χ4v) is 3.73. The lowest BCUT2D eigenvalue weighted by molar-refractivity contribution is -0.384. The molecule has 0 aliphatic heterocycles. The fraction of sp³-hybridized carbons (Fsp3) is 0.0500. The van der Waals surface area contributed by atoms with E-state index in [0.29, 0.717) is 10.2 Å². The molecule has 3 N–H and O–H groups in total. The number of nitrogens with zero attached hydrogens (tertiary/aromatic N) is 1. The first-order chi connectivity index (χ1) is 15.2. The molecule has 0 aromatic heterocycles. The summed E-state index contributed by atoms with van der Waals surface area (Å²) < 4.78 is 7.22. The number of carbonyl (C=O) groups is 2. The van der Waals surface area contributed by atoms with Crippen LogP contribution in [-0.2, 0) is 4.79 Å². The van der Waals surface area contributed by atoms with Crippen LogP contribution in [0, 0.1) is 10.1 Å². The van der Waals surface area contributed by atoms with Crippen molar-refractivity contribution in [3.8, 4) is 5.75 Å². The van der Waals surface area contributed by atoms with Gasteiger partial charge in [0.2, 0.25) is 0 Å². The predicted molar refractivity (Wildman–Crippen MR) is 129 cm³/mol. The Kier molecular flexibility index (Phi) is 7.72. The third-order valence-electron chi connectivity index (χ3n) is 4.12. The number of halogens is 2. The lowest BCUT2D eigenvalue weighted by Gasteiger charge is -2.13. The number of carbonyl (C=O) groups excluding carboxylic acids is 2. The number of fused-ring (bicyclic) bond motifs is 1. The van der Waals surface area contributed by atoms with E-state index < -0.39 is 16.7 Å². The number of hydrogen-bond acceptors (Lipinski definition) is 6. The maximum absolute atomic E-state index is 12.1. The minimum Gasteiger partial charge on any atom is -0.483 e. The van der Waals surface area contributed by atoms with Gasteiger partial charge in [0.15, 0.2) is 11.7 Å². The first kappa shape index (κ1) is 23.6. The van der Waals surface area contributed by atoms with Gasteiger partial charge in [0.05, 0.1) is 9.40 Å². The molecule has 3 aromatic rings. The second kappa shape index (κ2) is 10.5. The summed E-state index contributed by atoms with van der Waals surface area (Å²) in [6.45, 7) is -0.299. The van der Waals surface area contributed by atoms with E-state index in [0.717, 1.165) is 15.2 Å². The van der Waals surface area contributed by atoms with Crippen molar-refractivity contribution in [1.82, 2.24) is 16.2 Å². The van der Waals surface area contributed by atoms with Gasteiger partial charge >= 0.3 is 0 Å². The monoisotopic (exact) mass is 580 g/mol. The van der Waals surface area contributed by atoms with E-state index in [2.05, 4.69) is 48.0 Å². The van der Waals surface area contributed by atoms with Crippen LogP contribution < -0.4 is 20.9 Å². The Balaban J connectivity index is 1.48. The van der Waals surface area contributed by atoms with Crippen LogP contribution in [0.2, 0.25) is 0 Å². The van der Waals surface area contributed by atoms with E-state index in [4.69, 9.17) is 17.0 Å². The number of non-ortho nitro benzene ring substituents is 1. The van der Waals surface area contributed by atoms with Gasteiger partial charge < -0.3 is 4.74 Å². The van der Waals surface area contributed by atoms with Gasteiger partial charge in [-0.3, -0.25) is 35.9 Å². The van der Waals surface area contributed by atoms with Gasteiger partial charge in [-0.05, 0) is 69.3 Å². The first-order valence-electron chi connectivity index (χ1n) is 8.90. The molecule has 0 saturated heterocycles. The standard InChI is InChI=1S/C20H14Br2N4O5S/c21-13-4-7-15-12(9-13)3-8-16(18(15)22)31-10-17(27)24-25-20(32)23-19(28)11-1-5-14(6-2-11)26(29)30/h1-9H,10H2,(H,24,27)(H2,23,25,28,32). The third kappa shape index (κ3) is 5.99. The second-order valence-electron chi connectivity index (χ2n) is 6.29. The molecular formula is C20H14Br2N4O5S. The topological polar surface area (TPSA) is 123 Å². The molecule has 0 aliphatic rings. The van der Waals surface area contributed by atoms with Crippen molar-refractivity contribution < 1.29 is 19.2 Å². The average molecular weight is 582 g/mol. The average Bonchev–Trinajstić information content (AvgIpc) is 2.77. The zero-order chi connectivity index (χ0) is 23.3. The number of amides is 2. The van der Waals surface area contributed by atoms with Gasteiger partial charge in [0.25, 0.3) is 17.5 Å². The highest BCUT2D eigenvalue weighted by atomic mass is 79.9. The van der Waals surface area contributed by atoms with E-state index in [-0.39, 0.29) is 23.0 Å². The predicted octanol–water partition coefficient (Wildman–Crippen LogP) is 3.99. The third-order valence-corrected chi connectivity index (χ3v) is 5.64. The van der Waals surface area contributed by atoms with Gasteiger partial charge in [0, 0.05) is 22.2 Å². The molecule has 0 bridgehead atoms.